The smallest absolute Gasteiger partial charge is 0.435 e. The molecule has 16 heteroatoms. The highest BCUT2D eigenvalue weighted by Gasteiger charge is 2.47. The number of ether oxygens (including phenoxy) is 2. The predicted octanol–water partition coefficient (Wildman–Crippen LogP) is 2.50. The third-order valence-corrected chi connectivity index (χ3v) is 7.48. The maximum absolute atomic E-state index is 15.2. The molecule has 1 fully saturated rings. The molecule has 1 aromatic heterocycles. The number of tetrazole rings is 1. The van der Waals surface area contributed by atoms with Gasteiger partial charge in [-0.05, 0) is 61.5 Å². The van der Waals surface area contributed by atoms with Gasteiger partial charge in [0.05, 0.1) is 24.9 Å². The van der Waals surface area contributed by atoms with E-state index in [2.05, 4.69) is 20.6 Å². The minimum Gasteiger partial charge on any atom is -0.435 e. The molecule has 0 bridgehead atoms. The van der Waals surface area contributed by atoms with E-state index in [9.17, 15) is 19.1 Å². The van der Waals surface area contributed by atoms with Gasteiger partial charge in [-0.1, -0.05) is 6.07 Å². The molecule has 2 aliphatic heterocycles. The molecule has 43 heavy (non-hydrogen) atoms. The number of carbonyl (C=O) groups excluding carboxylic acids is 2. The van der Waals surface area contributed by atoms with Gasteiger partial charge in [0.2, 0.25) is 0 Å². The SMILES string of the molecule is CCOC(=O)OC(C)N1C=NN(C[C@](O)(c2ccc(F)cc2F)[C@@H](C)N2CCN(c3ccc(-n4cnnn4)cc3)C2=O)C1. The van der Waals surface area contributed by atoms with E-state index in [0.29, 0.717) is 24.0 Å². The van der Waals surface area contributed by atoms with Gasteiger partial charge in [0.15, 0.2) is 6.23 Å². The molecule has 3 aromatic rings. The number of benzene rings is 2. The van der Waals surface area contributed by atoms with Crippen LogP contribution in [-0.4, -0.2) is 104 Å². The van der Waals surface area contributed by atoms with Gasteiger partial charge in [-0.3, -0.25) is 9.91 Å². The Hall–Kier alpha value is -4.86. The molecule has 2 aromatic carbocycles. The van der Waals surface area contributed by atoms with Crippen molar-refractivity contribution < 1.29 is 33.0 Å². The van der Waals surface area contributed by atoms with Crippen molar-refractivity contribution in [3.05, 3.63) is 66.0 Å². The Bertz CT molecular complexity index is 1480. The monoisotopic (exact) mass is 599 g/mol. The fourth-order valence-electron chi connectivity index (χ4n) is 5.10. The topological polar surface area (TPSA) is 142 Å². The number of halogens is 2. The summed E-state index contributed by atoms with van der Waals surface area (Å²) in [5.41, 5.74) is -0.897. The van der Waals surface area contributed by atoms with Crippen LogP contribution in [-0.2, 0) is 15.1 Å². The molecule has 14 nitrogen and oxygen atoms in total. The first-order valence-corrected chi connectivity index (χ1v) is 13.6. The van der Waals surface area contributed by atoms with E-state index in [1.54, 1.807) is 54.8 Å². The average Bonchev–Trinajstić information content (AvgIpc) is 3.75. The maximum Gasteiger partial charge on any atom is 0.510 e. The standard InChI is InChI=1S/C27H31F2N9O5/c1-4-42-26(40)43-19(3)34-16-31-35(17-34)14-27(41,23-10-5-20(28)13-24(23)29)18(2)36-11-12-37(25(36)39)21-6-8-22(9-7-21)38-15-30-32-33-38/h5-10,13,15-16,18-19,41H,4,11-12,14,17H2,1-3H3/t18-,19?,27-/m1/s1. The van der Waals surface area contributed by atoms with Gasteiger partial charge in [0, 0.05) is 30.4 Å². The number of rotatable bonds is 10. The Balaban J connectivity index is 1.35. The Kier molecular flexibility index (Phi) is 8.38. The van der Waals surface area contributed by atoms with Crippen LogP contribution in [0.15, 0.2) is 53.9 Å². The van der Waals surface area contributed by atoms with Crippen LogP contribution in [0.3, 0.4) is 0 Å². The number of hydrogen-bond acceptors (Lipinski definition) is 11. The van der Waals surface area contributed by atoms with E-state index in [1.807, 2.05) is 0 Å². The van der Waals surface area contributed by atoms with E-state index >= 15 is 4.39 Å². The Morgan fingerprint density at radius 2 is 1.86 bits per heavy atom. The first kappa shape index (κ1) is 29.6. The number of β-amino-alcohol motifs (C(OH)–C–C–N with tert-alkyl or cyclic N) is 1. The number of urea groups is 1. The number of hydrogen-bond donors (Lipinski definition) is 1. The third kappa shape index (κ3) is 6.04. The normalized spacial score (nSPS) is 17.8. The zero-order chi connectivity index (χ0) is 30.7. The molecule has 1 N–H and O–H groups in total. The minimum atomic E-state index is -2.02. The molecule has 1 saturated heterocycles. The van der Waals surface area contributed by atoms with E-state index < -0.39 is 41.7 Å². The van der Waals surface area contributed by atoms with Crippen molar-refractivity contribution in [1.82, 2.24) is 35.0 Å². The molecule has 2 aliphatic rings. The van der Waals surface area contributed by atoms with Crippen molar-refractivity contribution in [3.63, 3.8) is 0 Å². The van der Waals surface area contributed by atoms with E-state index in [4.69, 9.17) is 9.47 Å². The van der Waals surface area contributed by atoms with Crippen molar-refractivity contribution >= 4 is 24.2 Å². The quantitative estimate of drug-likeness (QED) is 0.346. The molecule has 2 amide bonds. The summed E-state index contributed by atoms with van der Waals surface area (Å²) in [6, 6.07) is 8.57. The van der Waals surface area contributed by atoms with Gasteiger partial charge in [-0.15, -0.1) is 5.10 Å². The lowest BCUT2D eigenvalue weighted by atomic mass is 9.85. The number of amides is 2. The molecular weight excluding hydrogens is 568 g/mol. The van der Waals surface area contributed by atoms with Gasteiger partial charge in [0.25, 0.3) is 0 Å². The van der Waals surface area contributed by atoms with Crippen LogP contribution in [0.5, 0.6) is 0 Å². The van der Waals surface area contributed by atoms with Gasteiger partial charge >= 0.3 is 12.2 Å². The number of hydrazone groups is 1. The first-order valence-electron chi connectivity index (χ1n) is 13.6. The van der Waals surface area contributed by atoms with Gasteiger partial charge < -0.3 is 24.4 Å². The van der Waals surface area contributed by atoms with Crippen LogP contribution in [0.4, 0.5) is 24.1 Å². The zero-order valence-corrected chi connectivity index (χ0v) is 23.7. The van der Waals surface area contributed by atoms with Gasteiger partial charge in [-0.25, -0.2) is 23.1 Å². The summed E-state index contributed by atoms with van der Waals surface area (Å²) in [5.74, 6) is -1.77. The first-order chi connectivity index (χ1) is 20.6. The molecule has 0 aliphatic carbocycles. The van der Waals surface area contributed by atoms with E-state index in [1.165, 1.54) is 33.3 Å². The number of carbonyl (C=O) groups is 2. The lowest BCUT2D eigenvalue weighted by Crippen LogP contribution is -2.55. The number of aliphatic hydroxyl groups is 1. The molecule has 0 saturated carbocycles. The lowest BCUT2D eigenvalue weighted by molar-refractivity contribution is -0.0658. The highest BCUT2D eigenvalue weighted by atomic mass is 19.1. The molecule has 5 rings (SSSR count). The lowest BCUT2D eigenvalue weighted by Gasteiger charge is -2.41. The number of nitrogens with zero attached hydrogens (tertiary/aromatic N) is 9. The Labute approximate surface area is 245 Å². The van der Waals surface area contributed by atoms with Crippen LogP contribution < -0.4 is 4.90 Å². The highest BCUT2D eigenvalue weighted by Crippen LogP contribution is 2.35. The second kappa shape index (κ2) is 12.2. The molecule has 3 atom stereocenters. The summed E-state index contributed by atoms with van der Waals surface area (Å²) >= 11 is 0. The van der Waals surface area contributed by atoms with E-state index in [-0.39, 0.29) is 31.9 Å². The summed E-state index contributed by atoms with van der Waals surface area (Å²) < 4.78 is 40.6. The fraction of sp³-hybridized carbons (Fsp3) is 0.407. The van der Waals surface area contributed by atoms with Crippen LogP contribution in [0.25, 0.3) is 5.69 Å². The van der Waals surface area contributed by atoms with Crippen LogP contribution in [0.1, 0.15) is 26.3 Å². The van der Waals surface area contributed by atoms with Crippen LogP contribution in [0.2, 0.25) is 0 Å². The molecule has 0 radical (unpaired) electrons. The van der Waals surface area contributed by atoms with Crippen molar-refractivity contribution in [3.8, 4) is 5.69 Å². The maximum atomic E-state index is 15.2. The second-order valence-electron chi connectivity index (χ2n) is 10.1. The largest absolute Gasteiger partial charge is 0.510 e. The summed E-state index contributed by atoms with van der Waals surface area (Å²) in [6.07, 6.45) is 1.27. The molecule has 228 valence electrons. The van der Waals surface area contributed by atoms with Gasteiger partial charge in [-0.2, -0.15) is 5.10 Å². The number of aromatic nitrogens is 4. The highest BCUT2D eigenvalue weighted by molar-refractivity contribution is 5.94. The molecular formula is C27H31F2N9O5. The summed E-state index contributed by atoms with van der Waals surface area (Å²) in [7, 11) is 0. The fourth-order valence-corrected chi connectivity index (χ4v) is 5.10. The molecule has 1 unspecified atom stereocenters. The summed E-state index contributed by atoms with van der Waals surface area (Å²) in [6.45, 7) is 5.39. The number of anilines is 1. The molecule has 3 heterocycles. The second-order valence-corrected chi connectivity index (χ2v) is 10.1. The predicted molar refractivity (Wildman–Crippen MR) is 148 cm³/mol. The molecule has 0 spiro atoms. The van der Waals surface area contributed by atoms with Crippen molar-refractivity contribution in [2.24, 2.45) is 5.10 Å². The van der Waals surface area contributed by atoms with Crippen LogP contribution in [0, 0.1) is 11.6 Å². The van der Waals surface area contributed by atoms with E-state index in [0.717, 1.165) is 6.07 Å². The summed E-state index contributed by atoms with van der Waals surface area (Å²) in [4.78, 5) is 30.0. The minimum absolute atomic E-state index is 0.0755. The van der Waals surface area contributed by atoms with Crippen LogP contribution >= 0.6 is 0 Å². The summed E-state index contributed by atoms with van der Waals surface area (Å²) in [5, 5.41) is 29.0. The average molecular weight is 600 g/mol. The Morgan fingerprint density at radius 1 is 1.12 bits per heavy atom. The zero-order valence-electron chi connectivity index (χ0n) is 23.7. The van der Waals surface area contributed by atoms with Crippen molar-refractivity contribution in [2.75, 3.05) is 37.8 Å². The third-order valence-electron chi connectivity index (χ3n) is 7.48. The van der Waals surface area contributed by atoms with Gasteiger partial charge in [0.1, 0.15) is 36.6 Å². The van der Waals surface area contributed by atoms with Crippen molar-refractivity contribution in [2.45, 2.75) is 38.6 Å². The Morgan fingerprint density at radius 3 is 2.53 bits per heavy atom. The van der Waals surface area contributed by atoms with Crippen molar-refractivity contribution in [1.29, 1.82) is 0 Å².